The van der Waals surface area contributed by atoms with Gasteiger partial charge in [-0.15, -0.1) is 17.0 Å². The number of Topliss-reactive ketones (excluding diaryl/α,β-unsaturated/α-hetero) is 1. The van der Waals surface area contributed by atoms with Gasteiger partial charge >= 0.3 is 5.95 Å². The Morgan fingerprint density at radius 2 is 1.84 bits per heavy atom. The van der Waals surface area contributed by atoms with Crippen molar-refractivity contribution < 1.29 is 9.36 Å². The zero-order chi connectivity index (χ0) is 17.1. The number of nitrogens with zero attached hydrogens (tertiary/aromatic N) is 2. The lowest BCUT2D eigenvalue weighted by Gasteiger charge is -2.03. The van der Waals surface area contributed by atoms with Crippen molar-refractivity contribution in [3.63, 3.8) is 0 Å². The van der Waals surface area contributed by atoms with E-state index in [-0.39, 0.29) is 29.3 Å². The van der Waals surface area contributed by atoms with E-state index in [4.69, 9.17) is 17.3 Å². The number of rotatable bonds is 6. The third-order valence-corrected chi connectivity index (χ3v) is 4.47. The maximum Gasteiger partial charge on any atom is 0.356 e. The molecule has 0 fully saturated rings. The van der Waals surface area contributed by atoms with Gasteiger partial charge in [0.2, 0.25) is 0 Å². The minimum Gasteiger partial charge on any atom is -0.291 e. The number of ketones is 1. The van der Waals surface area contributed by atoms with Crippen LogP contribution in [-0.4, -0.2) is 10.4 Å². The number of benzene rings is 2. The van der Waals surface area contributed by atoms with Gasteiger partial charge in [-0.25, -0.2) is 9.13 Å². The van der Waals surface area contributed by atoms with E-state index in [0.29, 0.717) is 16.5 Å². The van der Waals surface area contributed by atoms with E-state index in [0.717, 1.165) is 30.4 Å². The van der Waals surface area contributed by atoms with Crippen molar-refractivity contribution in [1.82, 2.24) is 4.57 Å². The number of carbonyl (C=O) groups excluding carboxylic acids is 1. The summed E-state index contributed by atoms with van der Waals surface area (Å²) in [6.07, 6.45) is 2.14. The number of aryl methyl sites for hydroxylation is 1. The van der Waals surface area contributed by atoms with Gasteiger partial charge in [0, 0.05) is 10.6 Å². The monoisotopic (exact) mass is 422 g/mol. The van der Waals surface area contributed by atoms with Gasteiger partial charge in [-0.1, -0.05) is 37.1 Å². The second-order valence-corrected chi connectivity index (χ2v) is 6.30. The van der Waals surface area contributed by atoms with Gasteiger partial charge in [-0.3, -0.25) is 10.5 Å². The van der Waals surface area contributed by atoms with Crippen LogP contribution in [0.1, 0.15) is 30.1 Å². The van der Waals surface area contributed by atoms with E-state index < -0.39 is 0 Å². The molecule has 132 valence electrons. The minimum atomic E-state index is 0. The molecule has 6 heteroatoms. The van der Waals surface area contributed by atoms with Crippen LogP contribution in [-0.2, 0) is 13.1 Å². The molecule has 0 saturated heterocycles. The van der Waals surface area contributed by atoms with Crippen LogP contribution in [0.4, 0.5) is 5.95 Å². The summed E-state index contributed by atoms with van der Waals surface area (Å²) in [6.45, 7) is 3.22. The highest BCUT2D eigenvalue weighted by atomic mass is 79.9. The molecule has 1 aromatic heterocycles. The summed E-state index contributed by atoms with van der Waals surface area (Å²) < 4.78 is 3.98. The van der Waals surface area contributed by atoms with Crippen LogP contribution in [0, 0.1) is 0 Å². The van der Waals surface area contributed by atoms with Crippen LogP contribution in [0.15, 0.2) is 48.5 Å². The summed E-state index contributed by atoms with van der Waals surface area (Å²) >= 11 is 5.89. The molecule has 3 aromatic rings. The van der Waals surface area contributed by atoms with Crippen LogP contribution in [0.2, 0.25) is 5.02 Å². The molecule has 2 aromatic carbocycles. The Morgan fingerprint density at radius 1 is 1.16 bits per heavy atom. The summed E-state index contributed by atoms with van der Waals surface area (Å²) in [5, 5.41) is 0.620. The number of para-hydroxylation sites is 2. The molecular formula is C19H22BrClN3O+. The smallest absolute Gasteiger partial charge is 0.291 e. The molecule has 0 unspecified atom stereocenters. The molecule has 0 atom stereocenters. The Balaban J connectivity index is 0.00000225. The lowest BCUT2D eigenvalue weighted by molar-refractivity contribution is -0.642. The fourth-order valence-corrected chi connectivity index (χ4v) is 3.03. The second kappa shape index (κ2) is 8.50. The fraction of sp³-hybridized carbons (Fsp3) is 0.263. The lowest BCUT2D eigenvalue weighted by atomic mass is 10.1. The number of anilines is 1. The largest absolute Gasteiger partial charge is 0.356 e. The van der Waals surface area contributed by atoms with Crippen molar-refractivity contribution in [2.45, 2.75) is 32.9 Å². The quantitative estimate of drug-likeness (QED) is 0.471. The summed E-state index contributed by atoms with van der Waals surface area (Å²) in [5.41, 5.74) is 9.04. The number of imidazole rings is 1. The van der Waals surface area contributed by atoms with Gasteiger partial charge in [-0.2, -0.15) is 0 Å². The van der Waals surface area contributed by atoms with Crippen molar-refractivity contribution in [3.8, 4) is 0 Å². The Morgan fingerprint density at radius 3 is 2.52 bits per heavy atom. The van der Waals surface area contributed by atoms with E-state index in [2.05, 4.69) is 11.5 Å². The molecule has 0 aliphatic rings. The Kier molecular flexibility index (Phi) is 6.62. The summed E-state index contributed by atoms with van der Waals surface area (Å²) in [7, 11) is 0. The molecule has 1 heterocycles. The Labute approximate surface area is 163 Å². The van der Waals surface area contributed by atoms with Gasteiger partial charge in [0.1, 0.15) is 17.6 Å². The molecule has 25 heavy (non-hydrogen) atoms. The van der Waals surface area contributed by atoms with Crippen LogP contribution in [0.25, 0.3) is 11.0 Å². The van der Waals surface area contributed by atoms with Crippen LogP contribution >= 0.6 is 28.6 Å². The first kappa shape index (κ1) is 19.5. The fourth-order valence-electron chi connectivity index (χ4n) is 2.90. The molecule has 0 aliphatic heterocycles. The van der Waals surface area contributed by atoms with Crippen molar-refractivity contribution in [3.05, 3.63) is 59.1 Å². The van der Waals surface area contributed by atoms with E-state index in [1.807, 2.05) is 28.8 Å². The first-order chi connectivity index (χ1) is 11.6. The third kappa shape index (κ3) is 4.05. The van der Waals surface area contributed by atoms with Crippen LogP contribution < -0.4 is 10.3 Å². The number of carbonyl (C=O) groups is 1. The first-order valence-corrected chi connectivity index (χ1v) is 8.55. The summed E-state index contributed by atoms with van der Waals surface area (Å²) in [5.74, 6) is 0.633. The predicted molar refractivity (Wildman–Crippen MR) is 108 cm³/mol. The standard InChI is InChI=1S/C19H20ClN3O.BrH/c1-2-3-12-22-16-6-4-5-7-17(16)23(19(22)21)13-18(24)14-8-10-15(20)11-9-14;/h4-11,21H,2-3,12-13H2,1H3;1H/p+1. The van der Waals surface area contributed by atoms with Gasteiger partial charge in [0.15, 0.2) is 5.78 Å². The number of hydrogen-bond acceptors (Lipinski definition) is 2. The minimum absolute atomic E-state index is 0. The Bertz CT molecular complexity index is 874. The first-order valence-electron chi connectivity index (χ1n) is 8.17. The summed E-state index contributed by atoms with van der Waals surface area (Å²) in [4.78, 5) is 12.6. The average Bonchev–Trinajstić information content (AvgIpc) is 2.85. The van der Waals surface area contributed by atoms with E-state index in [1.54, 1.807) is 24.3 Å². The lowest BCUT2D eigenvalue weighted by Crippen LogP contribution is -2.40. The molecule has 2 N–H and O–H groups in total. The van der Waals surface area contributed by atoms with E-state index in [1.165, 1.54) is 0 Å². The van der Waals surface area contributed by atoms with E-state index in [9.17, 15) is 4.79 Å². The maximum atomic E-state index is 12.6. The molecule has 0 saturated carbocycles. The molecular weight excluding hydrogens is 402 g/mol. The number of halogens is 2. The number of nitrogens with two attached hydrogens (primary N) is 1. The topological polar surface area (TPSA) is 51.9 Å². The third-order valence-electron chi connectivity index (χ3n) is 4.22. The van der Waals surface area contributed by atoms with Crippen LogP contribution in [0.5, 0.6) is 0 Å². The van der Waals surface area contributed by atoms with Crippen molar-refractivity contribution in [2.24, 2.45) is 0 Å². The highest BCUT2D eigenvalue weighted by molar-refractivity contribution is 8.93. The molecule has 0 aliphatic carbocycles. The van der Waals surface area contributed by atoms with Gasteiger partial charge in [0.05, 0.1) is 6.54 Å². The number of unbranched alkanes of at least 4 members (excludes halogenated alkanes) is 1. The SMILES string of the molecule is Br.CCCCn1c(N)[n+](CC(=O)c2ccc(Cl)cc2)c2ccccc21. The van der Waals surface area contributed by atoms with Gasteiger partial charge in [-0.05, 0) is 42.8 Å². The van der Waals surface area contributed by atoms with Gasteiger partial charge in [0.25, 0.3) is 0 Å². The molecule has 0 radical (unpaired) electrons. The predicted octanol–water partition coefficient (Wildman–Crippen LogP) is 4.43. The van der Waals surface area contributed by atoms with Crippen molar-refractivity contribution >= 4 is 51.3 Å². The van der Waals surface area contributed by atoms with Crippen LogP contribution in [0.3, 0.4) is 0 Å². The molecule has 4 nitrogen and oxygen atoms in total. The molecule has 3 rings (SSSR count). The van der Waals surface area contributed by atoms with E-state index >= 15 is 0 Å². The summed E-state index contributed by atoms with van der Waals surface area (Å²) in [6, 6.07) is 15.0. The van der Waals surface area contributed by atoms with Gasteiger partial charge < -0.3 is 0 Å². The normalized spacial score (nSPS) is 10.6. The number of fused-ring (bicyclic) bond motifs is 1. The maximum absolute atomic E-state index is 12.6. The molecule has 0 spiro atoms. The van der Waals surface area contributed by atoms with Crippen molar-refractivity contribution in [2.75, 3.05) is 5.73 Å². The zero-order valence-corrected chi connectivity index (χ0v) is 16.6. The highest BCUT2D eigenvalue weighted by Gasteiger charge is 2.22. The number of nitrogen functional groups attached to an aromatic ring is 1. The number of aromatic nitrogens is 2. The Hall–Kier alpha value is -1.85. The number of hydrogen-bond donors (Lipinski definition) is 1. The second-order valence-electron chi connectivity index (χ2n) is 5.87. The van der Waals surface area contributed by atoms with Crippen molar-refractivity contribution in [1.29, 1.82) is 0 Å². The highest BCUT2D eigenvalue weighted by Crippen LogP contribution is 2.18. The average molecular weight is 424 g/mol. The molecule has 0 bridgehead atoms. The molecule has 0 amide bonds. The zero-order valence-electron chi connectivity index (χ0n) is 14.1.